The molecule has 0 N–H and O–H groups in total. The van der Waals surface area contributed by atoms with Gasteiger partial charge in [0.2, 0.25) is 0 Å². The minimum Gasteiger partial charge on any atom is -0.339 e. The number of hydrogen-bond donors (Lipinski definition) is 0. The number of rotatable bonds is 5. The standard InChI is InChI=1S/C14H20FNOS/c1-10-9-12(5-6-13(10)15)14(17)16(3)11(2)7-8-18-4/h5-6,9,11H,7-8H2,1-4H3. The molecule has 0 radical (unpaired) electrons. The van der Waals surface area contributed by atoms with Gasteiger partial charge in [-0.3, -0.25) is 4.79 Å². The van der Waals surface area contributed by atoms with E-state index >= 15 is 0 Å². The zero-order valence-electron chi connectivity index (χ0n) is 11.4. The molecule has 1 aromatic carbocycles. The van der Waals surface area contributed by atoms with Crippen molar-refractivity contribution >= 4 is 17.7 Å². The molecule has 4 heteroatoms. The van der Waals surface area contributed by atoms with Crippen LogP contribution in [-0.4, -0.2) is 35.9 Å². The highest BCUT2D eigenvalue weighted by molar-refractivity contribution is 7.98. The first-order valence-electron chi connectivity index (χ1n) is 5.99. The molecule has 1 rings (SSSR count). The second kappa shape index (κ2) is 6.78. The van der Waals surface area contributed by atoms with Crippen LogP contribution >= 0.6 is 11.8 Å². The number of halogens is 1. The van der Waals surface area contributed by atoms with E-state index in [0.717, 1.165) is 12.2 Å². The van der Waals surface area contributed by atoms with E-state index in [9.17, 15) is 9.18 Å². The zero-order chi connectivity index (χ0) is 13.7. The quantitative estimate of drug-likeness (QED) is 0.817. The van der Waals surface area contributed by atoms with Crippen LogP contribution < -0.4 is 0 Å². The Morgan fingerprint density at radius 1 is 1.50 bits per heavy atom. The number of aryl methyl sites for hydroxylation is 1. The molecular formula is C14H20FNOS. The van der Waals surface area contributed by atoms with Crippen molar-refractivity contribution in [2.24, 2.45) is 0 Å². The Labute approximate surface area is 113 Å². The summed E-state index contributed by atoms with van der Waals surface area (Å²) >= 11 is 1.77. The molecule has 0 heterocycles. The van der Waals surface area contributed by atoms with E-state index in [-0.39, 0.29) is 17.8 Å². The Bertz CT molecular complexity index is 422. The number of carbonyl (C=O) groups is 1. The highest BCUT2D eigenvalue weighted by Gasteiger charge is 2.17. The third-order valence-electron chi connectivity index (χ3n) is 3.13. The number of nitrogens with zero attached hydrogens (tertiary/aromatic N) is 1. The van der Waals surface area contributed by atoms with E-state index in [2.05, 4.69) is 6.26 Å². The van der Waals surface area contributed by atoms with E-state index in [1.807, 2.05) is 6.92 Å². The zero-order valence-corrected chi connectivity index (χ0v) is 12.2. The second-order valence-electron chi connectivity index (χ2n) is 4.51. The lowest BCUT2D eigenvalue weighted by atomic mass is 10.1. The van der Waals surface area contributed by atoms with Crippen molar-refractivity contribution in [2.45, 2.75) is 26.3 Å². The summed E-state index contributed by atoms with van der Waals surface area (Å²) < 4.78 is 13.2. The molecule has 1 aromatic rings. The first kappa shape index (κ1) is 15.0. The van der Waals surface area contributed by atoms with Gasteiger partial charge < -0.3 is 4.90 Å². The summed E-state index contributed by atoms with van der Waals surface area (Å²) in [6.07, 6.45) is 3.02. The van der Waals surface area contributed by atoms with E-state index in [4.69, 9.17) is 0 Å². The maximum absolute atomic E-state index is 13.2. The molecule has 1 atom stereocenters. The van der Waals surface area contributed by atoms with Gasteiger partial charge >= 0.3 is 0 Å². The number of thioether (sulfide) groups is 1. The van der Waals surface area contributed by atoms with Gasteiger partial charge in [-0.15, -0.1) is 0 Å². The minimum absolute atomic E-state index is 0.0493. The van der Waals surface area contributed by atoms with Crippen molar-refractivity contribution in [1.29, 1.82) is 0 Å². The number of amides is 1. The van der Waals surface area contributed by atoms with E-state index in [1.165, 1.54) is 6.07 Å². The molecule has 0 fully saturated rings. The maximum Gasteiger partial charge on any atom is 0.253 e. The number of benzene rings is 1. The third kappa shape index (κ3) is 3.73. The molecular weight excluding hydrogens is 249 g/mol. The Kier molecular flexibility index (Phi) is 5.66. The van der Waals surface area contributed by atoms with Crippen molar-refractivity contribution in [3.05, 3.63) is 35.1 Å². The van der Waals surface area contributed by atoms with Crippen LogP contribution in [0, 0.1) is 12.7 Å². The minimum atomic E-state index is -0.273. The molecule has 0 saturated carbocycles. The summed E-state index contributed by atoms with van der Waals surface area (Å²) in [5.41, 5.74) is 1.05. The largest absolute Gasteiger partial charge is 0.339 e. The van der Waals surface area contributed by atoms with Gasteiger partial charge in [-0.25, -0.2) is 4.39 Å². The molecule has 0 aliphatic rings. The molecule has 0 aliphatic carbocycles. The van der Waals surface area contributed by atoms with Crippen LogP contribution in [0.15, 0.2) is 18.2 Å². The summed E-state index contributed by atoms with van der Waals surface area (Å²) in [5.74, 6) is 0.706. The van der Waals surface area contributed by atoms with Crippen LogP contribution in [0.5, 0.6) is 0 Å². The van der Waals surface area contributed by atoms with Crippen LogP contribution in [0.1, 0.15) is 29.3 Å². The fourth-order valence-corrected chi connectivity index (χ4v) is 2.24. The lowest BCUT2D eigenvalue weighted by Gasteiger charge is -2.25. The Morgan fingerprint density at radius 3 is 2.72 bits per heavy atom. The van der Waals surface area contributed by atoms with Crippen molar-refractivity contribution in [1.82, 2.24) is 4.90 Å². The highest BCUT2D eigenvalue weighted by atomic mass is 32.2. The van der Waals surface area contributed by atoms with Crippen LogP contribution in [0.3, 0.4) is 0 Å². The smallest absolute Gasteiger partial charge is 0.253 e. The SMILES string of the molecule is CSCCC(C)N(C)C(=O)c1ccc(F)c(C)c1. The normalized spacial score (nSPS) is 12.3. The molecule has 0 saturated heterocycles. The van der Waals surface area contributed by atoms with Gasteiger partial charge in [0.25, 0.3) is 5.91 Å². The lowest BCUT2D eigenvalue weighted by molar-refractivity contribution is 0.0741. The van der Waals surface area contributed by atoms with Gasteiger partial charge in [0, 0.05) is 18.7 Å². The second-order valence-corrected chi connectivity index (χ2v) is 5.50. The topological polar surface area (TPSA) is 20.3 Å². The molecule has 100 valence electrons. The molecule has 18 heavy (non-hydrogen) atoms. The van der Waals surface area contributed by atoms with Gasteiger partial charge in [-0.05, 0) is 56.0 Å². The van der Waals surface area contributed by atoms with E-state index < -0.39 is 0 Å². The van der Waals surface area contributed by atoms with Crippen molar-refractivity contribution in [3.63, 3.8) is 0 Å². The Balaban J connectivity index is 2.76. The number of hydrogen-bond acceptors (Lipinski definition) is 2. The first-order valence-corrected chi connectivity index (χ1v) is 7.39. The Hall–Kier alpha value is -1.03. The third-order valence-corrected chi connectivity index (χ3v) is 3.77. The Morgan fingerprint density at radius 2 is 2.17 bits per heavy atom. The molecule has 1 unspecified atom stereocenters. The van der Waals surface area contributed by atoms with Gasteiger partial charge in [-0.1, -0.05) is 0 Å². The molecule has 0 aliphatic heterocycles. The maximum atomic E-state index is 13.2. The summed E-state index contributed by atoms with van der Waals surface area (Å²) in [5, 5.41) is 0. The highest BCUT2D eigenvalue weighted by Crippen LogP contribution is 2.14. The van der Waals surface area contributed by atoms with E-state index in [0.29, 0.717) is 11.1 Å². The van der Waals surface area contributed by atoms with Gasteiger partial charge in [0.15, 0.2) is 0 Å². The monoisotopic (exact) mass is 269 g/mol. The van der Waals surface area contributed by atoms with Crippen molar-refractivity contribution in [3.8, 4) is 0 Å². The predicted molar refractivity (Wildman–Crippen MR) is 75.7 cm³/mol. The summed E-state index contributed by atoms with van der Waals surface area (Å²) in [6.45, 7) is 3.70. The van der Waals surface area contributed by atoms with E-state index in [1.54, 1.807) is 42.8 Å². The van der Waals surface area contributed by atoms with Crippen LogP contribution in [-0.2, 0) is 0 Å². The van der Waals surface area contributed by atoms with Crippen molar-refractivity contribution in [2.75, 3.05) is 19.1 Å². The average Bonchev–Trinajstić information content (AvgIpc) is 2.37. The fourth-order valence-electron chi connectivity index (χ4n) is 1.66. The fraction of sp³-hybridized carbons (Fsp3) is 0.500. The molecule has 2 nitrogen and oxygen atoms in total. The van der Waals surface area contributed by atoms with Crippen LogP contribution in [0.2, 0.25) is 0 Å². The molecule has 0 bridgehead atoms. The van der Waals surface area contributed by atoms with Gasteiger partial charge in [-0.2, -0.15) is 11.8 Å². The summed E-state index contributed by atoms with van der Waals surface area (Å²) in [7, 11) is 1.80. The molecule has 0 aromatic heterocycles. The molecule has 0 spiro atoms. The molecule has 1 amide bonds. The van der Waals surface area contributed by atoms with Crippen LogP contribution in [0.4, 0.5) is 4.39 Å². The predicted octanol–water partition coefficient (Wildman–Crippen LogP) is 3.35. The lowest BCUT2D eigenvalue weighted by Crippen LogP contribution is -2.35. The van der Waals surface area contributed by atoms with Crippen LogP contribution in [0.25, 0.3) is 0 Å². The average molecular weight is 269 g/mol. The van der Waals surface area contributed by atoms with Gasteiger partial charge in [0.1, 0.15) is 5.82 Å². The summed E-state index contributed by atoms with van der Waals surface area (Å²) in [4.78, 5) is 13.9. The summed E-state index contributed by atoms with van der Waals surface area (Å²) in [6, 6.07) is 4.69. The number of carbonyl (C=O) groups excluding carboxylic acids is 1. The van der Waals surface area contributed by atoms with Crippen molar-refractivity contribution < 1.29 is 9.18 Å². The van der Waals surface area contributed by atoms with Gasteiger partial charge in [0.05, 0.1) is 0 Å². The first-order chi connectivity index (χ1) is 8.47.